The molecule has 1 aromatic rings. The van der Waals surface area contributed by atoms with Gasteiger partial charge in [-0.1, -0.05) is 40.0 Å². The Morgan fingerprint density at radius 1 is 1.04 bits per heavy atom. The van der Waals surface area contributed by atoms with Crippen LogP contribution in [0.1, 0.15) is 83.1 Å². The third-order valence-electron chi connectivity index (χ3n) is 5.03. The van der Waals surface area contributed by atoms with Gasteiger partial charge in [0.1, 0.15) is 6.10 Å². The molecule has 0 aromatic carbocycles. The van der Waals surface area contributed by atoms with E-state index in [-0.39, 0.29) is 18.3 Å². The number of rotatable bonds is 14. The van der Waals surface area contributed by atoms with Crippen LogP contribution < -0.4 is 4.74 Å². The number of aryl methyl sites for hydroxylation is 1. The van der Waals surface area contributed by atoms with Gasteiger partial charge in [0.2, 0.25) is 0 Å². The third-order valence-corrected chi connectivity index (χ3v) is 5.03. The van der Waals surface area contributed by atoms with Crippen molar-refractivity contribution in [3.63, 3.8) is 0 Å². The Balaban J connectivity index is 1.97. The molecule has 2 heterocycles. The van der Waals surface area contributed by atoms with Gasteiger partial charge in [0, 0.05) is 31.4 Å². The molecular formula is C22H38N2O4. The molecule has 6 nitrogen and oxygen atoms in total. The molecule has 0 unspecified atom stereocenters. The summed E-state index contributed by atoms with van der Waals surface area (Å²) in [5, 5.41) is 0. The number of hydrogen-bond acceptors (Lipinski definition) is 6. The summed E-state index contributed by atoms with van der Waals surface area (Å²) in [5.41, 5.74) is 1.93. The Kier molecular flexibility index (Phi) is 10.8. The average molecular weight is 395 g/mol. The van der Waals surface area contributed by atoms with E-state index < -0.39 is 0 Å². The molecule has 1 saturated heterocycles. The van der Waals surface area contributed by atoms with Crippen molar-refractivity contribution in [1.29, 1.82) is 0 Å². The quantitative estimate of drug-likeness (QED) is 0.423. The number of ether oxygens (including phenoxy) is 4. The van der Waals surface area contributed by atoms with Crippen LogP contribution in [-0.2, 0) is 14.2 Å². The molecule has 1 aliphatic rings. The van der Waals surface area contributed by atoms with Crippen LogP contribution >= 0.6 is 0 Å². The molecule has 0 saturated carbocycles. The molecule has 0 spiro atoms. The lowest BCUT2D eigenvalue weighted by Gasteiger charge is -2.19. The van der Waals surface area contributed by atoms with Gasteiger partial charge in [0.25, 0.3) is 0 Å². The maximum absolute atomic E-state index is 6.32. The zero-order valence-corrected chi connectivity index (χ0v) is 18.1. The Morgan fingerprint density at radius 2 is 1.75 bits per heavy atom. The molecule has 0 aliphatic carbocycles. The van der Waals surface area contributed by atoms with E-state index in [1.165, 1.54) is 0 Å². The predicted octanol–water partition coefficient (Wildman–Crippen LogP) is 4.80. The average Bonchev–Trinajstić information content (AvgIpc) is 3.08. The first-order valence-corrected chi connectivity index (χ1v) is 11.0. The summed E-state index contributed by atoms with van der Waals surface area (Å²) in [6.45, 7) is 11.2. The molecule has 1 aliphatic heterocycles. The number of hydrogen-bond donors (Lipinski definition) is 0. The summed E-state index contributed by atoms with van der Waals surface area (Å²) in [5.74, 6) is 0. The minimum Gasteiger partial charge on any atom is -0.463 e. The van der Waals surface area contributed by atoms with Gasteiger partial charge in [0.15, 0.2) is 0 Å². The molecule has 6 heteroatoms. The van der Waals surface area contributed by atoms with Gasteiger partial charge in [-0.3, -0.25) is 0 Å². The lowest BCUT2D eigenvalue weighted by Crippen LogP contribution is -2.29. The second-order valence-corrected chi connectivity index (χ2v) is 7.49. The van der Waals surface area contributed by atoms with E-state index in [2.05, 4.69) is 30.7 Å². The van der Waals surface area contributed by atoms with Gasteiger partial charge in [-0.25, -0.2) is 9.97 Å². The lowest BCUT2D eigenvalue weighted by atomic mass is 10.0. The number of nitrogens with zero attached hydrogens (tertiary/aromatic N) is 2. The highest BCUT2D eigenvalue weighted by Crippen LogP contribution is 2.36. The Bertz CT molecular complexity index is 555. The van der Waals surface area contributed by atoms with Crippen LogP contribution in [0.5, 0.6) is 6.01 Å². The first kappa shape index (κ1) is 23.0. The van der Waals surface area contributed by atoms with Crippen molar-refractivity contribution in [2.45, 2.75) is 91.0 Å². The van der Waals surface area contributed by atoms with Crippen molar-refractivity contribution in [2.75, 3.05) is 26.4 Å². The number of unbranched alkanes of at least 4 members (excludes halogenated alkanes) is 3. The van der Waals surface area contributed by atoms with Gasteiger partial charge in [-0.2, -0.15) is 0 Å². The molecule has 2 rings (SSSR count). The summed E-state index contributed by atoms with van der Waals surface area (Å²) in [4.78, 5) is 8.90. The molecule has 0 amide bonds. The summed E-state index contributed by atoms with van der Waals surface area (Å²) in [6.07, 6.45) is 9.10. The first-order chi connectivity index (χ1) is 13.7. The van der Waals surface area contributed by atoms with Crippen LogP contribution in [0.3, 0.4) is 0 Å². The number of aromatic nitrogens is 2. The van der Waals surface area contributed by atoms with E-state index in [4.69, 9.17) is 18.9 Å². The Labute approximate surface area is 170 Å². The van der Waals surface area contributed by atoms with Crippen molar-refractivity contribution in [1.82, 2.24) is 9.97 Å². The highest BCUT2D eigenvalue weighted by atomic mass is 16.6. The standard InChI is InChI=1S/C22H38N2O4/c1-5-8-11-25-16-21-20(26-12-9-6-2)14-19(28-21)18-15-23-22(24-17(18)4)27-13-10-7-3/h15,19-21H,5-14,16H2,1-4H3/t19-,20-,21-/m1/s1. The third kappa shape index (κ3) is 7.30. The van der Waals surface area contributed by atoms with Crippen LogP contribution in [0.2, 0.25) is 0 Å². The van der Waals surface area contributed by atoms with E-state index in [0.717, 1.165) is 69.4 Å². The van der Waals surface area contributed by atoms with Crippen LogP contribution in [0.4, 0.5) is 0 Å². The molecular weight excluding hydrogens is 356 g/mol. The fraction of sp³-hybridized carbons (Fsp3) is 0.818. The second-order valence-electron chi connectivity index (χ2n) is 7.49. The molecule has 0 N–H and O–H groups in total. The van der Waals surface area contributed by atoms with Crippen molar-refractivity contribution < 1.29 is 18.9 Å². The van der Waals surface area contributed by atoms with E-state index in [1.807, 2.05) is 13.1 Å². The molecule has 1 aromatic heterocycles. The van der Waals surface area contributed by atoms with E-state index in [9.17, 15) is 0 Å². The minimum absolute atomic E-state index is 0.0430. The fourth-order valence-corrected chi connectivity index (χ4v) is 3.21. The fourth-order valence-electron chi connectivity index (χ4n) is 3.21. The molecule has 160 valence electrons. The van der Waals surface area contributed by atoms with Crippen molar-refractivity contribution in [3.05, 3.63) is 17.5 Å². The monoisotopic (exact) mass is 394 g/mol. The zero-order chi connectivity index (χ0) is 20.2. The second kappa shape index (κ2) is 13.1. The zero-order valence-electron chi connectivity index (χ0n) is 18.1. The Morgan fingerprint density at radius 3 is 2.46 bits per heavy atom. The first-order valence-electron chi connectivity index (χ1n) is 11.0. The van der Waals surface area contributed by atoms with E-state index in [1.54, 1.807) is 0 Å². The SMILES string of the molecule is CCCCOC[C@H]1O[C@@H](c2cnc(OCCCC)nc2C)C[C@H]1OCCCC. The van der Waals surface area contributed by atoms with Crippen LogP contribution in [0, 0.1) is 6.92 Å². The molecule has 28 heavy (non-hydrogen) atoms. The van der Waals surface area contributed by atoms with Gasteiger partial charge in [-0.05, 0) is 26.2 Å². The van der Waals surface area contributed by atoms with Gasteiger partial charge < -0.3 is 18.9 Å². The molecule has 0 bridgehead atoms. The Hall–Kier alpha value is -1.24. The smallest absolute Gasteiger partial charge is 0.316 e. The topological polar surface area (TPSA) is 62.7 Å². The minimum atomic E-state index is -0.0592. The lowest BCUT2D eigenvalue weighted by molar-refractivity contribution is -0.0652. The molecule has 1 fully saturated rings. The van der Waals surface area contributed by atoms with Crippen LogP contribution in [0.25, 0.3) is 0 Å². The van der Waals surface area contributed by atoms with Gasteiger partial charge >= 0.3 is 6.01 Å². The van der Waals surface area contributed by atoms with Crippen LogP contribution in [-0.4, -0.2) is 48.6 Å². The van der Waals surface area contributed by atoms with Gasteiger partial charge in [-0.15, -0.1) is 0 Å². The van der Waals surface area contributed by atoms with Crippen molar-refractivity contribution in [3.8, 4) is 6.01 Å². The van der Waals surface area contributed by atoms with Crippen molar-refractivity contribution in [2.24, 2.45) is 0 Å². The largest absolute Gasteiger partial charge is 0.463 e. The van der Waals surface area contributed by atoms with Gasteiger partial charge in [0.05, 0.1) is 31.1 Å². The summed E-state index contributed by atoms with van der Waals surface area (Å²) >= 11 is 0. The van der Waals surface area contributed by atoms with E-state index in [0.29, 0.717) is 19.2 Å². The van der Waals surface area contributed by atoms with E-state index >= 15 is 0 Å². The molecule has 0 radical (unpaired) electrons. The highest BCUT2D eigenvalue weighted by molar-refractivity contribution is 5.22. The highest BCUT2D eigenvalue weighted by Gasteiger charge is 2.37. The maximum atomic E-state index is 6.32. The predicted molar refractivity (Wildman–Crippen MR) is 110 cm³/mol. The van der Waals surface area contributed by atoms with Crippen LogP contribution in [0.15, 0.2) is 6.20 Å². The summed E-state index contributed by atoms with van der Waals surface area (Å²) in [6, 6.07) is 0.447. The normalized spacial score (nSPS) is 21.9. The van der Waals surface area contributed by atoms with Crippen molar-refractivity contribution >= 4 is 0 Å². The molecule has 3 atom stereocenters. The maximum Gasteiger partial charge on any atom is 0.316 e. The summed E-state index contributed by atoms with van der Waals surface area (Å²) in [7, 11) is 0. The summed E-state index contributed by atoms with van der Waals surface area (Å²) < 4.78 is 23.9.